The normalized spacial score (nSPS) is 14.6. The van der Waals surface area contributed by atoms with E-state index in [1.54, 1.807) is 12.3 Å². The number of aromatic nitrogens is 1. The molecule has 2 aromatic carbocycles. The van der Waals surface area contributed by atoms with Gasteiger partial charge in [-0.1, -0.05) is 42.8 Å². The van der Waals surface area contributed by atoms with Crippen LogP contribution in [0.4, 0.5) is 5.69 Å². The van der Waals surface area contributed by atoms with Crippen LogP contribution < -0.4 is 15.5 Å². The van der Waals surface area contributed by atoms with Crippen LogP contribution in [0.25, 0.3) is 10.8 Å². The number of carbonyl (C=O) groups is 1. The zero-order chi connectivity index (χ0) is 20.9. The highest BCUT2D eigenvalue weighted by Gasteiger charge is 2.16. The molecule has 1 fully saturated rings. The number of fused-ring (bicyclic) bond motifs is 1. The van der Waals surface area contributed by atoms with Crippen LogP contribution in [0.3, 0.4) is 0 Å². The van der Waals surface area contributed by atoms with Gasteiger partial charge < -0.3 is 14.6 Å². The van der Waals surface area contributed by atoms with Crippen LogP contribution in [0.15, 0.2) is 59.5 Å². The number of nitrogens with zero attached hydrogens (tertiary/aromatic N) is 2. The highest BCUT2D eigenvalue weighted by molar-refractivity contribution is 6.02. The molecule has 0 unspecified atom stereocenters. The molecule has 1 N–H and O–H groups in total. The van der Waals surface area contributed by atoms with Gasteiger partial charge in [0.1, 0.15) is 6.54 Å². The largest absolute Gasteiger partial charge is 0.491 e. The molecule has 1 saturated heterocycles. The van der Waals surface area contributed by atoms with Crippen molar-refractivity contribution in [1.29, 1.82) is 0 Å². The second kappa shape index (κ2) is 9.13. The molecular formula is C24H27N3O3. The van der Waals surface area contributed by atoms with Crippen molar-refractivity contribution >= 4 is 22.4 Å². The summed E-state index contributed by atoms with van der Waals surface area (Å²) in [6.45, 7) is 2.80. The van der Waals surface area contributed by atoms with Gasteiger partial charge in [0, 0.05) is 29.4 Å². The number of methoxy groups -OCH3 is 1. The first kappa shape index (κ1) is 20.2. The van der Waals surface area contributed by atoms with Gasteiger partial charge in [0.15, 0.2) is 5.75 Å². The van der Waals surface area contributed by atoms with Crippen LogP contribution in [0.2, 0.25) is 0 Å². The number of ether oxygens (including phenoxy) is 1. The minimum Gasteiger partial charge on any atom is -0.491 e. The molecule has 0 aliphatic carbocycles. The fourth-order valence-electron chi connectivity index (χ4n) is 4.06. The average Bonchev–Trinajstić information content (AvgIpc) is 2.76. The average molecular weight is 405 g/mol. The Bertz CT molecular complexity index is 1100. The summed E-state index contributed by atoms with van der Waals surface area (Å²) in [5.41, 5.74) is 1.45. The first-order valence-electron chi connectivity index (χ1n) is 10.4. The van der Waals surface area contributed by atoms with Crippen molar-refractivity contribution in [2.45, 2.75) is 32.4 Å². The van der Waals surface area contributed by atoms with E-state index in [4.69, 9.17) is 4.74 Å². The quantitative estimate of drug-likeness (QED) is 0.680. The molecule has 1 aliphatic heterocycles. The van der Waals surface area contributed by atoms with Crippen molar-refractivity contribution in [3.8, 4) is 5.75 Å². The van der Waals surface area contributed by atoms with Crippen LogP contribution in [0.5, 0.6) is 5.75 Å². The summed E-state index contributed by atoms with van der Waals surface area (Å²) in [5, 5.41) is 5.10. The maximum atomic E-state index is 12.9. The van der Waals surface area contributed by atoms with Gasteiger partial charge in [0.05, 0.1) is 13.3 Å². The lowest BCUT2D eigenvalue weighted by Gasteiger charge is -2.27. The first-order chi connectivity index (χ1) is 14.6. The molecule has 0 atom stereocenters. The molecule has 1 amide bonds. The third kappa shape index (κ3) is 4.54. The Morgan fingerprint density at radius 3 is 2.63 bits per heavy atom. The van der Waals surface area contributed by atoms with Gasteiger partial charge in [-0.3, -0.25) is 14.5 Å². The van der Waals surface area contributed by atoms with E-state index >= 15 is 0 Å². The van der Waals surface area contributed by atoms with Crippen molar-refractivity contribution in [3.63, 3.8) is 0 Å². The summed E-state index contributed by atoms with van der Waals surface area (Å²) >= 11 is 0. The molecular weight excluding hydrogens is 378 g/mol. The van der Waals surface area contributed by atoms with E-state index in [-0.39, 0.29) is 23.6 Å². The molecule has 3 aromatic rings. The molecule has 30 heavy (non-hydrogen) atoms. The molecule has 1 aliphatic rings. The molecule has 0 saturated carbocycles. The minimum absolute atomic E-state index is 0.114. The predicted molar refractivity (Wildman–Crippen MR) is 119 cm³/mol. The zero-order valence-electron chi connectivity index (χ0n) is 17.3. The lowest BCUT2D eigenvalue weighted by molar-refractivity contribution is -0.116. The summed E-state index contributed by atoms with van der Waals surface area (Å²) in [6, 6.07) is 15.4. The van der Waals surface area contributed by atoms with Crippen LogP contribution in [0, 0.1) is 0 Å². The van der Waals surface area contributed by atoms with Crippen LogP contribution in [-0.4, -0.2) is 35.6 Å². The van der Waals surface area contributed by atoms with Gasteiger partial charge in [0.25, 0.3) is 0 Å². The monoisotopic (exact) mass is 405 g/mol. The van der Waals surface area contributed by atoms with Crippen molar-refractivity contribution in [1.82, 2.24) is 9.47 Å². The molecule has 0 spiro atoms. The summed E-state index contributed by atoms with van der Waals surface area (Å²) in [7, 11) is 1.47. The molecule has 1 aromatic heterocycles. The predicted octanol–water partition coefficient (Wildman–Crippen LogP) is 3.63. The number of carbonyl (C=O) groups excluding carboxylic acids is 1. The molecule has 4 rings (SSSR count). The van der Waals surface area contributed by atoms with Crippen LogP contribution in [-0.2, 0) is 17.9 Å². The molecule has 6 nitrogen and oxygen atoms in total. The minimum atomic E-state index is -0.157. The summed E-state index contributed by atoms with van der Waals surface area (Å²) in [5.74, 6) is 0.104. The Balaban J connectivity index is 1.57. The molecule has 0 bridgehead atoms. The van der Waals surface area contributed by atoms with Crippen molar-refractivity contribution in [3.05, 3.63) is 70.6 Å². The van der Waals surface area contributed by atoms with Gasteiger partial charge in [-0.2, -0.15) is 0 Å². The maximum Gasteiger partial charge on any atom is 0.244 e. The number of benzene rings is 2. The third-order valence-electron chi connectivity index (χ3n) is 5.61. The van der Waals surface area contributed by atoms with E-state index in [2.05, 4.69) is 10.2 Å². The van der Waals surface area contributed by atoms with Crippen LogP contribution in [0.1, 0.15) is 25.0 Å². The highest BCUT2D eigenvalue weighted by atomic mass is 16.5. The fourth-order valence-corrected chi connectivity index (χ4v) is 4.06. The van der Waals surface area contributed by atoms with Gasteiger partial charge >= 0.3 is 0 Å². The van der Waals surface area contributed by atoms with E-state index in [9.17, 15) is 9.59 Å². The third-order valence-corrected chi connectivity index (χ3v) is 5.61. The van der Waals surface area contributed by atoms with E-state index in [0.717, 1.165) is 35.2 Å². The lowest BCUT2D eigenvalue weighted by atomic mass is 10.1. The van der Waals surface area contributed by atoms with Crippen molar-refractivity contribution < 1.29 is 9.53 Å². The summed E-state index contributed by atoms with van der Waals surface area (Å²) in [4.78, 5) is 27.6. The number of amides is 1. The number of hydrogen-bond acceptors (Lipinski definition) is 4. The standard InChI is InChI=1S/C24H27N3O3/c1-30-23-16-27(19(14-22(23)28)15-26-12-5-2-6-13-26)17-24(29)25-21-11-7-9-18-8-3-4-10-20(18)21/h3-4,7-11,14,16H,2,5-6,12-13,15,17H2,1H3,(H,25,29). The van der Waals surface area contributed by atoms with Gasteiger partial charge in [-0.05, 0) is 37.4 Å². The molecule has 156 valence electrons. The first-order valence-corrected chi connectivity index (χ1v) is 10.4. The van der Waals surface area contributed by atoms with Crippen molar-refractivity contribution in [2.24, 2.45) is 0 Å². The Hall–Kier alpha value is -3.12. The molecule has 0 radical (unpaired) electrons. The van der Waals surface area contributed by atoms with Crippen LogP contribution >= 0.6 is 0 Å². The van der Waals surface area contributed by atoms with Gasteiger partial charge in [-0.25, -0.2) is 0 Å². The van der Waals surface area contributed by atoms with E-state index in [0.29, 0.717) is 6.54 Å². The second-order valence-electron chi connectivity index (χ2n) is 7.74. The van der Waals surface area contributed by atoms with Crippen molar-refractivity contribution in [2.75, 3.05) is 25.5 Å². The Morgan fingerprint density at radius 2 is 1.83 bits per heavy atom. The second-order valence-corrected chi connectivity index (χ2v) is 7.74. The van der Waals surface area contributed by atoms with E-state index < -0.39 is 0 Å². The highest BCUT2D eigenvalue weighted by Crippen LogP contribution is 2.23. The number of piperidine rings is 1. The SMILES string of the molecule is COc1cn(CC(=O)Nc2cccc3ccccc23)c(CN2CCCCC2)cc1=O. The number of likely N-dealkylation sites (tertiary alicyclic amines) is 1. The maximum absolute atomic E-state index is 12.9. The topological polar surface area (TPSA) is 63.6 Å². The number of nitrogens with one attached hydrogen (secondary N) is 1. The van der Waals surface area contributed by atoms with E-state index in [1.165, 1.54) is 26.4 Å². The Labute approximate surface area is 176 Å². The Morgan fingerprint density at radius 1 is 1.07 bits per heavy atom. The number of hydrogen-bond donors (Lipinski definition) is 1. The smallest absolute Gasteiger partial charge is 0.244 e. The number of rotatable bonds is 6. The number of pyridine rings is 1. The Kier molecular flexibility index (Phi) is 6.14. The zero-order valence-corrected chi connectivity index (χ0v) is 17.3. The lowest BCUT2D eigenvalue weighted by Crippen LogP contribution is -2.32. The van der Waals surface area contributed by atoms with Gasteiger partial charge in [0.2, 0.25) is 11.3 Å². The summed E-state index contributed by atoms with van der Waals surface area (Å²) in [6.07, 6.45) is 5.23. The molecule has 2 heterocycles. The fraction of sp³-hybridized carbons (Fsp3) is 0.333. The van der Waals surface area contributed by atoms with E-state index in [1.807, 2.05) is 47.0 Å². The van der Waals surface area contributed by atoms with Gasteiger partial charge in [-0.15, -0.1) is 0 Å². The molecule has 6 heteroatoms. The number of anilines is 1. The summed E-state index contributed by atoms with van der Waals surface area (Å²) < 4.78 is 7.04.